The van der Waals surface area contributed by atoms with Crippen LogP contribution in [0.15, 0.2) is 71.4 Å². The van der Waals surface area contributed by atoms with Gasteiger partial charge < -0.3 is 9.73 Å². The number of nitrogens with one attached hydrogen (secondary N) is 1. The van der Waals surface area contributed by atoms with Gasteiger partial charge in [0, 0.05) is 37.0 Å². The molecule has 0 atom stereocenters. The van der Waals surface area contributed by atoms with Crippen molar-refractivity contribution in [1.29, 1.82) is 0 Å². The molecule has 0 aliphatic heterocycles. The molecule has 0 saturated heterocycles. The van der Waals surface area contributed by atoms with Crippen LogP contribution in [0.2, 0.25) is 0 Å². The highest BCUT2D eigenvalue weighted by atomic mass is 16.4. The predicted molar refractivity (Wildman–Crippen MR) is 110 cm³/mol. The molecule has 0 spiro atoms. The van der Waals surface area contributed by atoms with Crippen LogP contribution in [0.4, 0.5) is 0 Å². The minimum Gasteiger partial charge on any atom is -0.421 e. The molecule has 6 nitrogen and oxygen atoms in total. The van der Waals surface area contributed by atoms with E-state index < -0.39 is 0 Å². The zero-order valence-corrected chi connectivity index (χ0v) is 16.2. The number of aryl methyl sites for hydroxylation is 2. The molecule has 0 aliphatic rings. The van der Waals surface area contributed by atoms with Crippen molar-refractivity contribution in [3.8, 4) is 22.6 Å². The zero-order valence-electron chi connectivity index (χ0n) is 16.2. The van der Waals surface area contributed by atoms with Crippen molar-refractivity contribution in [3.05, 3.63) is 89.6 Å². The summed E-state index contributed by atoms with van der Waals surface area (Å²) >= 11 is 0. The number of aromatic nitrogens is 3. The first-order chi connectivity index (χ1) is 14.1. The van der Waals surface area contributed by atoms with Crippen molar-refractivity contribution < 1.29 is 9.21 Å². The van der Waals surface area contributed by atoms with Crippen LogP contribution in [0.1, 0.15) is 27.4 Å². The molecular formula is C23H20N4O2. The Morgan fingerprint density at radius 3 is 2.48 bits per heavy atom. The average Bonchev–Trinajstić information content (AvgIpc) is 3.19. The minimum atomic E-state index is -0.118. The third-order valence-corrected chi connectivity index (χ3v) is 4.64. The fraction of sp³-hybridized carbons (Fsp3) is 0.130. The maximum Gasteiger partial charge on any atom is 0.251 e. The van der Waals surface area contributed by atoms with Crippen molar-refractivity contribution in [2.75, 3.05) is 0 Å². The van der Waals surface area contributed by atoms with E-state index in [0.717, 1.165) is 27.8 Å². The molecule has 0 aliphatic carbocycles. The largest absolute Gasteiger partial charge is 0.421 e. The second kappa shape index (κ2) is 8.06. The van der Waals surface area contributed by atoms with Crippen molar-refractivity contribution in [2.45, 2.75) is 20.4 Å². The first-order valence-corrected chi connectivity index (χ1v) is 9.29. The number of pyridine rings is 1. The Labute approximate surface area is 168 Å². The molecular weight excluding hydrogens is 364 g/mol. The molecule has 0 unspecified atom stereocenters. The van der Waals surface area contributed by atoms with E-state index in [9.17, 15) is 4.79 Å². The molecule has 2 aromatic carbocycles. The van der Waals surface area contributed by atoms with E-state index in [1.54, 1.807) is 19.3 Å². The molecule has 2 aromatic heterocycles. The van der Waals surface area contributed by atoms with Gasteiger partial charge >= 0.3 is 0 Å². The molecule has 6 heteroatoms. The molecule has 4 rings (SSSR count). The average molecular weight is 384 g/mol. The number of amides is 1. The highest BCUT2D eigenvalue weighted by Gasteiger charge is 2.11. The Bertz CT molecular complexity index is 1140. The van der Waals surface area contributed by atoms with E-state index in [0.29, 0.717) is 23.9 Å². The SMILES string of the molecule is Cc1nnc(-c2ccc(C)c(-c3ccc(C(=O)NCc4cccnc4)cc3)c2)o1. The maximum absolute atomic E-state index is 12.4. The van der Waals surface area contributed by atoms with Gasteiger partial charge in [0.25, 0.3) is 5.91 Å². The fourth-order valence-electron chi connectivity index (χ4n) is 3.07. The summed E-state index contributed by atoms with van der Waals surface area (Å²) in [6.45, 7) is 4.26. The van der Waals surface area contributed by atoms with E-state index in [1.165, 1.54) is 0 Å². The summed E-state index contributed by atoms with van der Waals surface area (Å²) in [6, 6.07) is 17.4. The molecule has 0 bridgehead atoms. The maximum atomic E-state index is 12.4. The Morgan fingerprint density at radius 1 is 1.00 bits per heavy atom. The van der Waals surface area contributed by atoms with Gasteiger partial charge in [-0.15, -0.1) is 10.2 Å². The Morgan fingerprint density at radius 2 is 1.79 bits per heavy atom. The lowest BCUT2D eigenvalue weighted by molar-refractivity contribution is 0.0951. The normalized spacial score (nSPS) is 10.7. The number of rotatable bonds is 5. The number of benzene rings is 2. The molecule has 0 saturated carbocycles. The van der Waals surface area contributed by atoms with Crippen LogP contribution in [-0.2, 0) is 6.54 Å². The lowest BCUT2D eigenvalue weighted by Gasteiger charge is -2.09. The lowest BCUT2D eigenvalue weighted by Crippen LogP contribution is -2.22. The zero-order chi connectivity index (χ0) is 20.2. The van der Waals surface area contributed by atoms with Gasteiger partial charge in [0.05, 0.1) is 0 Å². The summed E-state index contributed by atoms with van der Waals surface area (Å²) in [5, 5.41) is 10.9. The van der Waals surface area contributed by atoms with Gasteiger partial charge in [-0.25, -0.2) is 0 Å². The van der Waals surface area contributed by atoms with E-state index in [1.807, 2.05) is 61.5 Å². The molecule has 0 radical (unpaired) electrons. The van der Waals surface area contributed by atoms with Gasteiger partial charge in [-0.1, -0.05) is 24.3 Å². The Balaban J connectivity index is 1.52. The number of carbonyl (C=O) groups excluding carboxylic acids is 1. The molecule has 1 N–H and O–H groups in total. The Hall–Kier alpha value is -3.80. The summed E-state index contributed by atoms with van der Waals surface area (Å²) < 4.78 is 5.53. The van der Waals surface area contributed by atoms with E-state index in [-0.39, 0.29) is 5.91 Å². The smallest absolute Gasteiger partial charge is 0.251 e. The minimum absolute atomic E-state index is 0.118. The van der Waals surface area contributed by atoms with Crippen LogP contribution in [0.3, 0.4) is 0 Å². The topological polar surface area (TPSA) is 80.9 Å². The predicted octanol–water partition coefficient (Wildman–Crippen LogP) is 4.35. The number of hydrogen-bond donors (Lipinski definition) is 1. The van der Waals surface area contributed by atoms with E-state index in [2.05, 4.69) is 20.5 Å². The molecule has 4 aromatic rings. The second-order valence-corrected chi connectivity index (χ2v) is 6.78. The van der Waals surface area contributed by atoms with Gasteiger partial charge in [0.15, 0.2) is 0 Å². The van der Waals surface area contributed by atoms with Crippen LogP contribution >= 0.6 is 0 Å². The quantitative estimate of drug-likeness (QED) is 0.553. The number of carbonyl (C=O) groups is 1. The van der Waals surface area contributed by atoms with Crippen LogP contribution in [-0.4, -0.2) is 21.1 Å². The monoisotopic (exact) mass is 384 g/mol. The van der Waals surface area contributed by atoms with Crippen molar-refractivity contribution in [3.63, 3.8) is 0 Å². The molecule has 0 fully saturated rings. The standard InChI is InChI=1S/C23H20N4O2/c1-15-5-6-20(23-27-26-16(2)29-23)12-21(15)18-7-9-19(10-8-18)22(28)25-14-17-4-3-11-24-13-17/h3-13H,14H2,1-2H3,(H,25,28). The van der Waals surface area contributed by atoms with Gasteiger partial charge in [0.1, 0.15) is 0 Å². The molecule has 1 amide bonds. The van der Waals surface area contributed by atoms with Crippen molar-refractivity contribution in [1.82, 2.24) is 20.5 Å². The van der Waals surface area contributed by atoms with Gasteiger partial charge in [-0.2, -0.15) is 0 Å². The third-order valence-electron chi connectivity index (χ3n) is 4.64. The molecule has 2 heterocycles. The summed E-state index contributed by atoms with van der Waals surface area (Å²) in [6.07, 6.45) is 3.45. The van der Waals surface area contributed by atoms with Crippen LogP contribution in [0.5, 0.6) is 0 Å². The highest BCUT2D eigenvalue weighted by Crippen LogP contribution is 2.29. The van der Waals surface area contributed by atoms with Gasteiger partial charge in [0.2, 0.25) is 11.8 Å². The van der Waals surface area contributed by atoms with Crippen molar-refractivity contribution in [2.24, 2.45) is 0 Å². The first kappa shape index (κ1) is 18.6. The summed E-state index contributed by atoms with van der Waals surface area (Å²) in [5.41, 5.74) is 5.63. The third kappa shape index (κ3) is 4.21. The van der Waals surface area contributed by atoms with Gasteiger partial charge in [-0.3, -0.25) is 9.78 Å². The van der Waals surface area contributed by atoms with Crippen molar-refractivity contribution >= 4 is 5.91 Å². The van der Waals surface area contributed by atoms with E-state index >= 15 is 0 Å². The van der Waals surface area contributed by atoms with Crippen LogP contribution in [0, 0.1) is 13.8 Å². The van der Waals surface area contributed by atoms with Gasteiger partial charge in [-0.05, 0) is 59.5 Å². The summed E-state index contributed by atoms with van der Waals surface area (Å²) in [4.78, 5) is 16.5. The van der Waals surface area contributed by atoms with Crippen LogP contribution < -0.4 is 5.32 Å². The second-order valence-electron chi connectivity index (χ2n) is 6.78. The fourth-order valence-corrected chi connectivity index (χ4v) is 3.07. The molecule has 29 heavy (non-hydrogen) atoms. The number of hydrogen-bond acceptors (Lipinski definition) is 5. The summed E-state index contributed by atoms with van der Waals surface area (Å²) in [7, 11) is 0. The lowest BCUT2D eigenvalue weighted by atomic mass is 9.97. The highest BCUT2D eigenvalue weighted by molar-refractivity contribution is 5.94. The number of nitrogens with zero attached hydrogens (tertiary/aromatic N) is 3. The Kier molecular flexibility index (Phi) is 5.16. The first-order valence-electron chi connectivity index (χ1n) is 9.29. The van der Waals surface area contributed by atoms with Crippen LogP contribution in [0.25, 0.3) is 22.6 Å². The van der Waals surface area contributed by atoms with E-state index in [4.69, 9.17) is 4.42 Å². The molecule has 144 valence electrons. The summed E-state index contributed by atoms with van der Waals surface area (Å²) in [5.74, 6) is 0.908.